The van der Waals surface area contributed by atoms with E-state index in [1.165, 1.54) is 11.4 Å². The highest BCUT2D eigenvalue weighted by Gasteiger charge is 2.24. The molecule has 0 spiro atoms. The Kier molecular flexibility index (Phi) is 5.05. The third kappa shape index (κ3) is 3.53. The first-order chi connectivity index (χ1) is 9.61. The highest BCUT2D eigenvalue weighted by atomic mass is 32.1. The van der Waals surface area contributed by atoms with E-state index >= 15 is 0 Å². The second-order valence-electron chi connectivity index (χ2n) is 4.70. The van der Waals surface area contributed by atoms with Gasteiger partial charge in [-0.05, 0) is 19.4 Å². The molecule has 1 amide bonds. The molecule has 1 fully saturated rings. The average Bonchev–Trinajstić information content (AvgIpc) is 3.08. The fourth-order valence-corrected chi connectivity index (χ4v) is 2.99. The molecule has 0 aliphatic carbocycles. The van der Waals surface area contributed by atoms with Gasteiger partial charge in [0.2, 0.25) is 0 Å². The molecular weight excluding hydrogens is 282 g/mol. The maximum absolute atomic E-state index is 12.3. The van der Waals surface area contributed by atoms with Crippen molar-refractivity contribution < 1.29 is 14.8 Å². The number of aliphatic hydroxyl groups is 1. The van der Waals surface area contributed by atoms with Gasteiger partial charge in [-0.1, -0.05) is 11.3 Å². The zero-order valence-electron chi connectivity index (χ0n) is 10.9. The Labute approximate surface area is 120 Å². The molecule has 20 heavy (non-hydrogen) atoms. The van der Waals surface area contributed by atoms with Gasteiger partial charge in [-0.3, -0.25) is 14.9 Å². The van der Waals surface area contributed by atoms with Gasteiger partial charge < -0.3 is 15.3 Å². The van der Waals surface area contributed by atoms with Crippen LogP contribution in [0.3, 0.4) is 0 Å². The van der Waals surface area contributed by atoms with Gasteiger partial charge >= 0.3 is 5.00 Å². The Bertz CT molecular complexity index is 485. The van der Waals surface area contributed by atoms with E-state index in [1.54, 1.807) is 4.90 Å². The van der Waals surface area contributed by atoms with E-state index in [1.807, 2.05) is 0 Å². The molecule has 2 N–H and O–H groups in total. The first kappa shape index (κ1) is 14.9. The minimum Gasteiger partial charge on any atom is -0.395 e. The van der Waals surface area contributed by atoms with Crippen molar-refractivity contribution in [3.8, 4) is 0 Å². The molecule has 1 aliphatic rings. The van der Waals surface area contributed by atoms with Crippen LogP contribution in [-0.2, 0) is 0 Å². The Balaban J connectivity index is 2.06. The number of thiophene rings is 1. The Morgan fingerprint density at radius 1 is 1.65 bits per heavy atom. The van der Waals surface area contributed by atoms with Gasteiger partial charge in [0.1, 0.15) is 0 Å². The molecule has 2 heterocycles. The van der Waals surface area contributed by atoms with Crippen LogP contribution in [0.4, 0.5) is 5.00 Å². The quantitative estimate of drug-likeness (QED) is 0.599. The van der Waals surface area contributed by atoms with Gasteiger partial charge in [-0.25, -0.2) is 0 Å². The number of rotatable bonds is 6. The van der Waals surface area contributed by atoms with Crippen LogP contribution >= 0.6 is 11.3 Å². The summed E-state index contributed by atoms with van der Waals surface area (Å²) >= 11 is 0.940. The lowest BCUT2D eigenvalue weighted by atomic mass is 10.2. The number of nitro groups is 1. The van der Waals surface area contributed by atoms with Gasteiger partial charge in [0.15, 0.2) is 0 Å². The number of amides is 1. The number of carbonyl (C=O) groups excluding carboxylic acids is 1. The molecule has 1 aromatic heterocycles. The molecule has 1 aromatic rings. The summed E-state index contributed by atoms with van der Waals surface area (Å²) in [6.45, 7) is 1.57. The molecule has 2 rings (SSSR count). The molecule has 1 aliphatic heterocycles. The predicted octanol–water partition coefficient (Wildman–Crippen LogP) is 0.843. The predicted molar refractivity (Wildman–Crippen MR) is 75.0 cm³/mol. The monoisotopic (exact) mass is 299 g/mol. The van der Waals surface area contributed by atoms with Crippen LogP contribution in [0.1, 0.15) is 23.2 Å². The summed E-state index contributed by atoms with van der Waals surface area (Å²) in [4.78, 5) is 24.0. The zero-order valence-corrected chi connectivity index (χ0v) is 11.8. The molecule has 1 saturated heterocycles. The van der Waals surface area contributed by atoms with Crippen LogP contribution in [0.5, 0.6) is 0 Å². The number of hydrogen-bond acceptors (Lipinski definition) is 6. The van der Waals surface area contributed by atoms with E-state index in [4.69, 9.17) is 5.11 Å². The minimum absolute atomic E-state index is 0.0451. The summed E-state index contributed by atoms with van der Waals surface area (Å²) in [6.07, 6.45) is 2.08. The van der Waals surface area contributed by atoms with E-state index in [0.717, 1.165) is 30.7 Å². The highest BCUT2D eigenvalue weighted by Crippen LogP contribution is 2.23. The van der Waals surface area contributed by atoms with Gasteiger partial charge in [-0.2, -0.15) is 0 Å². The van der Waals surface area contributed by atoms with Gasteiger partial charge in [0.05, 0.1) is 17.1 Å². The second-order valence-corrected chi connectivity index (χ2v) is 5.59. The van der Waals surface area contributed by atoms with Gasteiger partial charge in [0.25, 0.3) is 5.91 Å². The summed E-state index contributed by atoms with van der Waals surface area (Å²) < 4.78 is 0. The van der Waals surface area contributed by atoms with Gasteiger partial charge in [0, 0.05) is 30.6 Å². The Morgan fingerprint density at radius 2 is 2.45 bits per heavy atom. The Hall–Kier alpha value is -1.51. The van der Waals surface area contributed by atoms with Crippen molar-refractivity contribution in [3.63, 3.8) is 0 Å². The molecular formula is C12H17N3O4S. The zero-order chi connectivity index (χ0) is 14.5. The molecule has 1 atom stereocenters. The minimum atomic E-state index is -0.504. The third-order valence-corrected chi connectivity index (χ3v) is 4.15. The summed E-state index contributed by atoms with van der Waals surface area (Å²) in [5.74, 6) is -0.267. The van der Waals surface area contributed by atoms with E-state index in [2.05, 4.69) is 5.32 Å². The van der Waals surface area contributed by atoms with Crippen molar-refractivity contribution in [1.29, 1.82) is 0 Å². The molecule has 0 bridgehead atoms. The van der Waals surface area contributed by atoms with Crippen LogP contribution in [0, 0.1) is 10.1 Å². The molecule has 7 nitrogen and oxygen atoms in total. The fourth-order valence-electron chi connectivity index (χ4n) is 2.29. The second kappa shape index (κ2) is 6.78. The van der Waals surface area contributed by atoms with Crippen molar-refractivity contribution >= 4 is 22.2 Å². The van der Waals surface area contributed by atoms with Crippen LogP contribution in [0.15, 0.2) is 11.4 Å². The van der Waals surface area contributed by atoms with Crippen molar-refractivity contribution in [2.45, 2.75) is 18.9 Å². The summed E-state index contributed by atoms with van der Waals surface area (Å²) in [5.41, 5.74) is 0.313. The van der Waals surface area contributed by atoms with Crippen LogP contribution in [0.2, 0.25) is 0 Å². The van der Waals surface area contributed by atoms with E-state index in [9.17, 15) is 14.9 Å². The first-order valence-electron chi connectivity index (χ1n) is 6.48. The summed E-state index contributed by atoms with van der Waals surface area (Å²) in [6, 6.07) is 1.53. The first-order valence-corrected chi connectivity index (χ1v) is 7.36. The lowest BCUT2D eigenvalue weighted by Gasteiger charge is -2.24. The number of nitrogens with zero attached hydrogens (tertiary/aromatic N) is 2. The lowest BCUT2D eigenvalue weighted by Crippen LogP contribution is -2.42. The van der Waals surface area contributed by atoms with Crippen LogP contribution in [-0.4, -0.2) is 53.1 Å². The SMILES string of the molecule is O=C(c1csc([N+](=O)[O-])c1)N(CCO)CC1CCCN1. The molecule has 8 heteroatoms. The number of carbonyl (C=O) groups is 1. The third-order valence-electron chi connectivity index (χ3n) is 3.27. The smallest absolute Gasteiger partial charge is 0.324 e. The number of hydrogen-bond donors (Lipinski definition) is 2. The maximum Gasteiger partial charge on any atom is 0.324 e. The maximum atomic E-state index is 12.3. The molecule has 110 valence electrons. The van der Waals surface area contributed by atoms with E-state index in [0.29, 0.717) is 12.1 Å². The highest BCUT2D eigenvalue weighted by molar-refractivity contribution is 7.13. The normalized spacial score (nSPS) is 18.1. The standard InChI is InChI=1S/C12H17N3O4S/c16-5-4-14(7-10-2-1-3-13-10)12(17)9-6-11(15(18)19)20-8-9/h6,8,10,13,16H,1-5,7H2. The molecule has 0 aromatic carbocycles. The molecule has 0 saturated carbocycles. The summed E-state index contributed by atoms with van der Waals surface area (Å²) in [5, 5.41) is 24.5. The van der Waals surface area contributed by atoms with E-state index in [-0.39, 0.29) is 30.1 Å². The largest absolute Gasteiger partial charge is 0.395 e. The Morgan fingerprint density at radius 3 is 3.00 bits per heavy atom. The van der Waals surface area contributed by atoms with E-state index < -0.39 is 4.92 Å². The topological polar surface area (TPSA) is 95.7 Å². The fraction of sp³-hybridized carbons (Fsp3) is 0.583. The molecule has 1 unspecified atom stereocenters. The van der Waals surface area contributed by atoms with Gasteiger partial charge in [-0.15, -0.1) is 0 Å². The van der Waals surface area contributed by atoms with Crippen molar-refractivity contribution in [1.82, 2.24) is 10.2 Å². The average molecular weight is 299 g/mol. The lowest BCUT2D eigenvalue weighted by molar-refractivity contribution is -0.380. The van der Waals surface area contributed by atoms with Crippen molar-refractivity contribution in [3.05, 3.63) is 27.1 Å². The van der Waals surface area contributed by atoms with Crippen LogP contribution in [0.25, 0.3) is 0 Å². The van der Waals surface area contributed by atoms with Crippen LogP contribution < -0.4 is 5.32 Å². The number of aliphatic hydroxyl groups excluding tert-OH is 1. The summed E-state index contributed by atoms with van der Waals surface area (Å²) in [7, 11) is 0. The van der Waals surface area contributed by atoms with Crippen molar-refractivity contribution in [2.75, 3.05) is 26.2 Å². The molecule has 0 radical (unpaired) electrons. The van der Waals surface area contributed by atoms with Crippen molar-refractivity contribution in [2.24, 2.45) is 0 Å². The number of nitrogens with one attached hydrogen (secondary N) is 1.